The second kappa shape index (κ2) is 5.47. The molecule has 0 saturated heterocycles. The number of rotatable bonds is 3. The quantitative estimate of drug-likeness (QED) is 0.706. The van der Waals surface area contributed by atoms with Crippen molar-refractivity contribution in [3.63, 3.8) is 0 Å². The number of benzene rings is 2. The number of halogens is 2. The number of furan rings is 1. The molecular weight excluding hydrogens is 293 g/mol. The van der Waals surface area contributed by atoms with Gasteiger partial charge in [0.15, 0.2) is 5.75 Å². The van der Waals surface area contributed by atoms with Crippen molar-refractivity contribution in [1.29, 1.82) is 5.26 Å². The van der Waals surface area contributed by atoms with Crippen molar-refractivity contribution in [3.05, 3.63) is 64.6 Å². The summed E-state index contributed by atoms with van der Waals surface area (Å²) in [5.74, 6) is -0.0376. The van der Waals surface area contributed by atoms with Gasteiger partial charge in [-0.15, -0.1) is 0 Å². The molecule has 3 nitrogen and oxygen atoms in total. The van der Waals surface area contributed by atoms with Crippen molar-refractivity contribution in [2.75, 3.05) is 0 Å². The SMILES string of the molecule is N#Cc1oc2ccccc2c1OCc1ccc(Cl)c(F)c1. The van der Waals surface area contributed by atoms with Crippen molar-refractivity contribution in [3.8, 4) is 11.8 Å². The Kier molecular flexibility index (Phi) is 3.51. The van der Waals surface area contributed by atoms with Crippen molar-refractivity contribution < 1.29 is 13.5 Å². The molecule has 0 saturated carbocycles. The molecule has 0 radical (unpaired) electrons. The smallest absolute Gasteiger partial charge is 0.246 e. The van der Waals surface area contributed by atoms with Crippen LogP contribution >= 0.6 is 11.6 Å². The number of fused-ring (bicyclic) bond motifs is 1. The maximum Gasteiger partial charge on any atom is 0.246 e. The van der Waals surface area contributed by atoms with E-state index in [4.69, 9.17) is 26.0 Å². The fraction of sp³-hybridized carbons (Fsp3) is 0.0625. The molecule has 5 heteroatoms. The normalized spacial score (nSPS) is 10.5. The van der Waals surface area contributed by atoms with Gasteiger partial charge in [0.1, 0.15) is 24.1 Å². The third kappa shape index (κ3) is 2.56. The molecule has 1 heterocycles. The van der Waals surface area contributed by atoms with E-state index in [0.29, 0.717) is 22.3 Å². The van der Waals surface area contributed by atoms with E-state index in [1.807, 2.05) is 18.2 Å². The molecule has 0 aliphatic rings. The van der Waals surface area contributed by atoms with Crippen molar-refractivity contribution in [2.24, 2.45) is 0 Å². The first-order valence-electron chi connectivity index (χ1n) is 6.17. The summed E-state index contributed by atoms with van der Waals surface area (Å²) in [6.45, 7) is 0.117. The lowest BCUT2D eigenvalue weighted by atomic mass is 10.2. The Morgan fingerprint density at radius 3 is 2.81 bits per heavy atom. The lowest BCUT2D eigenvalue weighted by Crippen LogP contribution is -1.97. The minimum Gasteiger partial charge on any atom is -0.483 e. The van der Waals surface area contributed by atoms with Gasteiger partial charge in [0.05, 0.1) is 10.4 Å². The summed E-state index contributed by atoms with van der Waals surface area (Å²) >= 11 is 5.63. The number of nitriles is 1. The van der Waals surface area contributed by atoms with E-state index in [-0.39, 0.29) is 17.4 Å². The largest absolute Gasteiger partial charge is 0.483 e. The van der Waals surface area contributed by atoms with E-state index >= 15 is 0 Å². The van der Waals surface area contributed by atoms with Crippen LogP contribution in [0.25, 0.3) is 11.0 Å². The molecule has 104 valence electrons. The molecule has 0 amide bonds. The van der Waals surface area contributed by atoms with E-state index in [0.717, 1.165) is 0 Å². The topological polar surface area (TPSA) is 46.2 Å². The fourth-order valence-corrected chi connectivity index (χ4v) is 2.14. The minimum absolute atomic E-state index is 0.0604. The highest BCUT2D eigenvalue weighted by atomic mass is 35.5. The second-order valence-electron chi connectivity index (χ2n) is 4.41. The maximum atomic E-state index is 13.4. The van der Waals surface area contributed by atoms with Gasteiger partial charge in [-0.25, -0.2) is 4.39 Å². The highest BCUT2D eigenvalue weighted by Crippen LogP contribution is 2.33. The summed E-state index contributed by atoms with van der Waals surface area (Å²) in [6, 6.07) is 13.6. The van der Waals surface area contributed by atoms with E-state index in [1.165, 1.54) is 12.1 Å². The summed E-state index contributed by atoms with van der Waals surface area (Å²) in [4.78, 5) is 0. The molecule has 0 unspecified atom stereocenters. The first-order chi connectivity index (χ1) is 10.2. The van der Waals surface area contributed by atoms with Gasteiger partial charge in [-0.1, -0.05) is 29.8 Å². The van der Waals surface area contributed by atoms with Crippen LogP contribution in [-0.2, 0) is 6.61 Å². The Labute approximate surface area is 125 Å². The fourth-order valence-electron chi connectivity index (χ4n) is 2.02. The summed E-state index contributed by atoms with van der Waals surface area (Å²) < 4.78 is 24.4. The zero-order valence-corrected chi connectivity index (χ0v) is 11.5. The average Bonchev–Trinajstić information content (AvgIpc) is 2.86. The highest BCUT2D eigenvalue weighted by Gasteiger charge is 2.15. The third-order valence-corrected chi connectivity index (χ3v) is 3.33. The Balaban J connectivity index is 1.91. The van der Waals surface area contributed by atoms with Gasteiger partial charge in [-0.05, 0) is 29.8 Å². The van der Waals surface area contributed by atoms with Crippen molar-refractivity contribution >= 4 is 22.6 Å². The van der Waals surface area contributed by atoms with E-state index < -0.39 is 5.82 Å². The van der Waals surface area contributed by atoms with Crippen LogP contribution in [0.3, 0.4) is 0 Å². The third-order valence-electron chi connectivity index (χ3n) is 3.02. The van der Waals surface area contributed by atoms with E-state index in [2.05, 4.69) is 0 Å². The Hall–Kier alpha value is -2.51. The minimum atomic E-state index is -0.504. The molecule has 2 aromatic carbocycles. The van der Waals surface area contributed by atoms with Crippen LogP contribution in [0.15, 0.2) is 46.9 Å². The van der Waals surface area contributed by atoms with Gasteiger partial charge in [0.2, 0.25) is 5.76 Å². The first kappa shape index (κ1) is 13.5. The van der Waals surface area contributed by atoms with Gasteiger partial charge >= 0.3 is 0 Å². The van der Waals surface area contributed by atoms with Crippen LogP contribution < -0.4 is 4.74 Å². The maximum absolute atomic E-state index is 13.4. The van der Waals surface area contributed by atoms with Crippen molar-refractivity contribution in [1.82, 2.24) is 0 Å². The molecule has 1 aromatic heterocycles. The zero-order valence-electron chi connectivity index (χ0n) is 10.8. The van der Waals surface area contributed by atoms with Crippen LogP contribution in [0.5, 0.6) is 5.75 Å². The molecule has 0 fully saturated rings. The van der Waals surface area contributed by atoms with Gasteiger partial charge in [-0.2, -0.15) is 5.26 Å². The van der Waals surface area contributed by atoms with Crippen LogP contribution in [-0.4, -0.2) is 0 Å². The molecule has 0 atom stereocenters. The van der Waals surface area contributed by atoms with Crippen LogP contribution in [0, 0.1) is 17.1 Å². The monoisotopic (exact) mass is 301 g/mol. The molecule has 3 aromatic rings. The summed E-state index contributed by atoms with van der Waals surface area (Å²) in [6.07, 6.45) is 0. The number of hydrogen-bond acceptors (Lipinski definition) is 3. The molecule has 3 rings (SSSR count). The molecule has 0 aliphatic carbocycles. The number of nitrogens with zero attached hydrogens (tertiary/aromatic N) is 1. The van der Waals surface area contributed by atoms with Gasteiger partial charge in [0.25, 0.3) is 0 Å². The Morgan fingerprint density at radius 2 is 2.05 bits per heavy atom. The Morgan fingerprint density at radius 1 is 1.24 bits per heavy atom. The number of hydrogen-bond donors (Lipinski definition) is 0. The molecule has 0 spiro atoms. The second-order valence-corrected chi connectivity index (χ2v) is 4.81. The molecule has 0 bridgehead atoms. The summed E-state index contributed by atoms with van der Waals surface area (Å²) in [5, 5.41) is 9.87. The summed E-state index contributed by atoms with van der Waals surface area (Å²) in [5.41, 5.74) is 1.19. The van der Waals surface area contributed by atoms with Crippen molar-refractivity contribution in [2.45, 2.75) is 6.61 Å². The number of para-hydroxylation sites is 1. The predicted molar refractivity (Wildman–Crippen MR) is 76.7 cm³/mol. The predicted octanol–water partition coefficient (Wildman–Crippen LogP) is 4.68. The average molecular weight is 302 g/mol. The lowest BCUT2D eigenvalue weighted by Gasteiger charge is -2.05. The first-order valence-corrected chi connectivity index (χ1v) is 6.55. The number of ether oxygens (including phenoxy) is 1. The zero-order chi connectivity index (χ0) is 14.8. The van der Waals surface area contributed by atoms with Gasteiger partial charge < -0.3 is 9.15 Å². The molecule has 0 N–H and O–H groups in total. The molecule has 21 heavy (non-hydrogen) atoms. The molecular formula is C16H9ClFNO2. The summed E-state index contributed by atoms with van der Waals surface area (Å²) in [7, 11) is 0. The Bertz CT molecular complexity index is 851. The van der Waals surface area contributed by atoms with Crippen LogP contribution in [0.4, 0.5) is 4.39 Å². The van der Waals surface area contributed by atoms with E-state index in [1.54, 1.807) is 18.2 Å². The van der Waals surface area contributed by atoms with Crippen LogP contribution in [0.2, 0.25) is 5.02 Å². The van der Waals surface area contributed by atoms with Gasteiger partial charge in [-0.3, -0.25) is 0 Å². The molecule has 0 aliphatic heterocycles. The lowest BCUT2D eigenvalue weighted by molar-refractivity contribution is 0.303. The standard InChI is InChI=1S/C16H9ClFNO2/c17-12-6-5-10(7-13(12)18)9-20-16-11-3-1-2-4-14(11)21-15(16)8-19/h1-7H,9H2. The van der Waals surface area contributed by atoms with Gasteiger partial charge in [0, 0.05) is 0 Å². The van der Waals surface area contributed by atoms with Crippen LogP contribution in [0.1, 0.15) is 11.3 Å². The highest BCUT2D eigenvalue weighted by molar-refractivity contribution is 6.30. The van der Waals surface area contributed by atoms with E-state index in [9.17, 15) is 4.39 Å².